The number of para-hydroxylation sites is 1. The van der Waals surface area contributed by atoms with Crippen LogP contribution in [0, 0.1) is 5.82 Å². The van der Waals surface area contributed by atoms with Crippen LogP contribution in [-0.4, -0.2) is 35.9 Å². The fraction of sp³-hybridized carbons (Fsp3) is 0.300. The van der Waals surface area contributed by atoms with Gasteiger partial charge in [-0.3, -0.25) is 9.59 Å². The van der Waals surface area contributed by atoms with Crippen molar-refractivity contribution in [2.75, 3.05) is 13.2 Å². The van der Waals surface area contributed by atoms with Crippen molar-refractivity contribution in [2.24, 2.45) is 0 Å². The number of hydrogen-bond acceptors (Lipinski definition) is 3. The third-order valence-corrected chi connectivity index (χ3v) is 4.37. The van der Waals surface area contributed by atoms with E-state index in [1.807, 2.05) is 0 Å². The molecule has 1 N–H and O–H groups in total. The van der Waals surface area contributed by atoms with Crippen LogP contribution in [0.3, 0.4) is 0 Å². The highest BCUT2D eigenvalue weighted by molar-refractivity contribution is 6.31. The van der Waals surface area contributed by atoms with E-state index < -0.39 is 24.4 Å². The predicted molar refractivity (Wildman–Crippen MR) is 102 cm³/mol. The first kappa shape index (κ1) is 20.7. The lowest BCUT2D eigenvalue weighted by molar-refractivity contribution is -0.142. The monoisotopic (exact) mass is 392 g/mol. The zero-order valence-corrected chi connectivity index (χ0v) is 16.0. The van der Waals surface area contributed by atoms with Gasteiger partial charge in [-0.1, -0.05) is 41.9 Å². The highest BCUT2D eigenvalue weighted by Gasteiger charge is 2.26. The minimum atomic E-state index is -0.738. The van der Waals surface area contributed by atoms with Gasteiger partial charge < -0.3 is 15.0 Å². The first-order valence-electron chi connectivity index (χ1n) is 8.62. The van der Waals surface area contributed by atoms with Gasteiger partial charge in [-0.05, 0) is 37.6 Å². The zero-order valence-electron chi connectivity index (χ0n) is 15.2. The fourth-order valence-electron chi connectivity index (χ4n) is 2.50. The van der Waals surface area contributed by atoms with E-state index in [0.717, 1.165) is 0 Å². The van der Waals surface area contributed by atoms with E-state index in [1.165, 1.54) is 23.1 Å². The number of amides is 2. The lowest BCUT2D eigenvalue weighted by Gasteiger charge is -2.29. The number of halogens is 2. The molecule has 27 heavy (non-hydrogen) atoms. The van der Waals surface area contributed by atoms with E-state index in [2.05, 4.69) is 5.32 Å². The standard InChI is InChI=1S/C20H22ClFN2O3/c1-3-23-20(26)14(2)24(12-15-8-4-5-9-16(15)21)19(25)13-27-18-11-7-6-10-17(18)22/h4-11,14H,3,12-13H2,1-2H3,(H,23,26)/t14-/m1/s1. The summed E-state index contributed by atoms with van der Waals surface area (Å²) in [5.41, 5.74) is 0.703. The van der Waals surface area contributed by atoms with Gasteiger partial charge in [0.25, 0.3) is 5.91 Å². The van der Waals surface area contributed by atoms with Gasteiger partial charge in [-0.2, -0.15) is 0 Å². The summed E-state index contributed by atoms with van der Waals surface area (Å²) < 4.78 is 19.0. The molecule has 144 valence electrons. The van der Waals surface area contributed by atoms with Gasteiger partial charge in [0.05, 0.1) is 0 Å². The largest absolute Gasteiger partial charge is 0.481 e. The van der Waals surface area contributed by atoms with Crippen molar-refractivity contribution < 1.29 is 18.7 Å². The van der Waals surface area contributed by atoms with Gasteiger partial charge in [0.2, 0.25) is 5.91 Å². The molecule has 0 aliphatic carbocycles. The van der Waals surface area contributed by atoms with E-state index in [4.69, 9.17) is 16.3 Å². The Bertz CT molecular complexity index is 800. The van der Waals surface area contributed by atoms with Crippen molar-refractivity contribution in [3.63, 3.8) is 0 Å². The summed E-state index contributed by atoms with van der Waals surface area (Å²) >= 11 is 6.19. The topological polar surface area (TPSA) is 58.6 Å². The van der Waals surface area contributed by atoms with Crippen LogP contribution in [0.5, 0.6) is 5.75 Å². The minimum absolute atomic E-state index is 0.0193. The van der Waals surface area contributed by atoms with E-state index in [-0.39, 0.29) is 18.2 Å². The Morgan fingerprint density at radius 1 is 1.19 bits per heavy atom. The number of ether oxygens (including phenoxy) is 1. The maximum atomic E-state index is 13.7. The minimum Gasteiger partial charge on any atom is -0.481 e. The van der Waals surface area contributed by atoms with E-state index in [1.54, 1.807) is 44.2 Å². The number of carbonyl (C=O) groups is 2. The maximum Gasteiger partial charge on any atom is 0.261 e. The number of likely N-dealkylation sites (N-methyl/N-ethyl adjacent to an activating group) is 1. The molecule has 2 aromatic rings. The highest BCUT2D eigenvalue weighted by Crippen LogP contribution is 2.20. The van der Waals surface area contributed by atoms with E-state index in [0.29, 0.717) is 17.1 Å². The molecule has 0 aliphatic heterocycles. The summed E-state index contributed by atoms with van der Waals surface area (Å²) in [7, 11) is 0. The van der Waals surface area contributed by atoms with Crippen LogP contribution in [0.4, 0.5) is 4.39 Å². The first-order chi connectivity index (χ1) is 12.9. The maximum absolute atomic E-state index is 13.7. The molecule has 2 rings (SSSR count). The number of nitrogens with zero attached hydrogens (tertiary/aromatic N) is 1. The summed E-state index contributed by atoms with van der Waals surface area (Å²) in [4.78, 5) is 26.4. The number of nitrogens with one attached hydrogen (secondary N) is 1. The van der Waals surface area contributed by atoms with Crippen molar-refractivity contribution in [1.29, 1.82) is 0 Å². The Balaban J connectivity index is 2.17. The molecule has 2 amide bonds. The molecular weight excluding hydrogens is 371 g/mol. The van der Waals surface area contributed by atoms with Crippen LogP contribution in [0.25, 0.3) is 0 Å². The Morgan fingerprint density at radius 2 is 1.85 bits per heavy atom. The fourth-order valence-corrected chi connectivity index (χ4v) is 2.69. The Labute approximate surface area is 163 Å². The van der Waals surface area contributed by atoms with Gasteiger partial charge in [-0.25, -0.2) is 4.39 Å². The molecular formula is C20H22ClFN2O3. The lowest BCUT2D eigenvalue weighted by atomic mass is 10.1. The van der Waals surface area contributed by atoms with Crippen molar-refractivity contribution in [3.05, 3.63) is 64.9 Å². The molecule has 0 heterocycles. The van der Waals surface area contributed by atoms with Crippen LogP contribution in [0.1, 0.15) is 19.4 Å². The molecule has 0 unspecified atom stereocenters. The third kappa shape index (κ3) is 5.69. The smallest absolute Gasteiger partial charge is 0.261 e. The summed E-state index contributed by atoms with van der Waals surface area (Å²) in [6, 6.07) is 12.2. The van der Waals surface area contributed by atoms with Gasteiger partial charge >= 0.3 is 0 Å². The summed E-state index contributed by atoms with van der Waals surface area (Å²) in [6.45, 7) is 3.62. The zero-order chi connectivity index (χ0) is 19.8. The van der Waals surface area contributed by atoms with Crippen molar-refractivity contribution in [3.8, 4) is 5.75 Å². The van der Waals surface area contributed by atoms with Gasteiger partial charge in [-0.15, -0.1) is 0 Å². The summed E-state index contributed by atoms with van der Waals surface area (Å²) in [5, 5.41) is 3.19. The molecule has 2 aromatic carbocycles. The molecule has 0 aromatic heterocycles. The summed E-state index contributed by atoms with van der Waals surface area (Å²) in [6.07, 6.45) is 0. The second-order valence-corrected chi connectivity index (χ2v) is 6.31. The highest BCUT2D eigenvalue weighted by atomic mass is 35.5. The molecule has 0 aliphatic rings. The van der Waals surface area contributed by atoms with Crippen LogP contribution in [0.2, 0.25) is 5.02 Å². The van der Waals surface area contributed by atoms with E-state index in [9.17, 15) is 14.0 Å². The Hall–Kier alpha value is -2.60. The Kier molecular flexibility index (Phi) is 7.61. The van der Waals surface area contributed by atoms with Gasteiger partial charge in [0.15, 0.2) is 18.2 Å². The second-order valence-electron chi connectivity index (χ2n) is 5.90. The van der Waals surface area contributed by atoms with Crippen molar-refractivity contribution >= 4 is 23.4 Å². The molecule has 0 saturated heterocycles. The number of rotatable bonds is 8. The van der Waals surface area contributed by atoms with Gasteiger partial charge in [0, 0.05) is 18.1 Å². The number of benzene rings is 2. The molecule has 0 fully saturated rings. The van der Waals surface area contributed by atoms with Crippen molar-refractivity contribution in [1.82, 2.24) is 10.2 Å². The molecule has 0 bridgehead atoms. The van der Waals surface area contributed by atoms with E-state index >= 15 is 0 Å². The summed E-state index contributed by atoms with van der Waals surface area (Å²) in [5.74, 6) is -1.31. The number of carbonyl (C=O) groups excluding carboxylic acids is 2. The molecule has 7 heteroatoms. The average Bonchev–Trinajstić information content (AvgIpc) is 2.66. The molecule has 0 radical (unpaired) electrons. The normalized spacial score (nSPS) is 11.6. The SMILES string of the molecule is CCNC(=O)[C@@H](C)N(Cc1ccccc1Cl)C(=O)COc1ccccc1F. The first-order valence-corrected chi connectivity index (χ1v) is 8.99. The third-order valence-electron chi connectivity index (χ3n) is 4.00. The molecule has 0 spiro atoms. The van der Waals surface area contributed by atoms with Gasteiger partial charge in [0.1, 0.15) is 6.04 Å². The predicted octanol–water partition coefficient (Wildman–Crippen LogP) is 3.41. The van der Waals surface area contributed by atoms with Crippen LogP contribution in [-0.2, 0) is 16.1 Å². The Morgan fingerprint density at radius 3 is 2.52 bits per heavy atom. The molecule has 5 nitrogen and oxygen atoms in total. The number of hydrogen-bond donors (Lipinski definition) is 1. The van der Waals surface area contributed by atoms with Crippen LogP contribution >= 0.6 is 11.6 Å². The van der Waals surface area contributed by atoms with Crippen LogP contribution < -0.4 is 10.1 Å². The molecule has 1 atom stereocenters. The second kappa shape index (κ2) is 9.92. The molecule has 0 saturated carbocycles. The lowest BCUT2D eigenvalue weighted by Crippen LogP contribution is -2.49. The van der Waals surface area contributed by atoms with Crippen molar-refractivity contribution in [2.45, 2.75) is 26.4 Å². The average molecular weight is 393 g/mol. The van der Waals surface area contributed by atoms with Crippen LogP contribution in [0.15, 0.2) is 48.5 Å². The quantitative estimate of drug-likeness (QED) is 0.749.